The van der Waals surface area contributed by atoms with E-state index in [2.05, 4.69) is 10.1 Å². The topological polar surface area (TPSA) is 60.3 Å². The molecule has 1 aromatic heterocycles. The fraction of sp³-hybridized carbons (Fsp3) is 0.167. The Hall–Kier alpha value is -3.74. The molecule has 0 aliphatic carbocycles. The predicted molar refractivity (Wildman–Crippen MR) is 115 cm³/mol. The Kier molecular flexibility index (Phi) is 5.66. The molecule has 5 nitrogen and oxygen atoms in total. The van der Waals surface area contributed by atoms with Crippen molar-refractivity contribution in [1.82, 2.24) is 9.88 Å². The molecule has 3 aromatic carbocycles. The maximum absolute atomic E-state index is 12.8. The monoisotopic (exact) mass is 422 g/mol. The Bertz CT molecular complexity index is 1240. The van der Waals surface area contributed by atoms with Gasteiger partial charge in [0.05, 0.1) is 17.1 Å². The van der Waals surface area contributed by atoms with Gasteiger partial charge in [0.1, 0.15) is 12.3 Å². The summed E-state index contributed by atoms with van der Waals surface area (Å²) in [6, 6.07) is 20.2. The first-order valence-corrected chi connectivity index (χ1v) is 9.78. The number of amides is 1. The zero-order chi connectivity index (χ0) is 22.0. The molecule has 0 aliphatic rings. The molecule has 0 fully saturated rings. The van der Waals surface area contributed by atoms with Crippen LogP contribution in [0.15, 0.2) is 77.6 Å². The largest absolute Gasteiger partial charge is 0.435 e. The molecule has 1 heterocycles. The van der Waals surface area contributed by atoms with Gasteiger partial charge in [-0.3, -0.25) is 9.59 Å². The average molecular weight is 422 g/mol. The number of benzene rings is 3. The molecule has 0 radical (unpaired) electrons. The van der Waals surface area contributed by atoms with Gasteiger partial charge in [-0.05, 0) is 48.9 Å². The molecule has 31 heavy (non-hydrogen) atoms. The van der Waals surface area contributed by atoms with Crippen LogP contribution in [0.2, 0.25) is 0 Å². The van der Waals surface area contributed by atoms with E-state index in [-0.39, 0.29) is 29.7 Å². The molecule has 4 rings (SSSR count). The van der Waals surface area contributed by atoms with Crippen LogP contribution in [0.25, 0.3) is 21.8 Å². The van der Waals surface area contributed by atoms with Gasteiger partial charge in [-0.15, -0.1) is 0 Å². The smallest absolute Gasteiger partial charge is 0.387 e. The number of carbonyl (C=O) groups excluding carboxylic acids is 1. The number of halogens is 2. The highest BCUT2D eigenvalue weighted by molar-refractivity contribution is 5.94. The second-order valence-corrected chi connectivity index (χ2v) is 7.19. The number of carbonyl (C=O) groups is 1. The zero-order valence-electron chi connectivity index (χ0n) is 16.7. The van der Waals surface area contributed by atoms with Crippen LogP contribution >= 0.6 is 0 Å². The molecule has 158 valence electrons. The molecule has 4 aromatic rings. The van der Waals surface area contributed by atoms with Crippen LogP contribution < -0.4 is 15.5 Å². The van der Waals surface area contributed by atoms with E-state index < -0.39 is 6.61 Å². The van der Waals surface area contributed by atoms with Crippen LogP contribution in [0.4, 0.5) is 8.78 Å². The third-order valence-electron chi connectivity index (χ3n) is 5.16. The molecular formula is C24H20F2N2O3. The van der Waals surface area contributed by atoms with Crippen LogP contribution in [0, 0.1) is 0 Å². The van der Waals surface area contributed by atoms with Gasteiger partial charge in [0, 0.05) is 10.8 Å². The van der Waals surface area contributed by atoms with E-state index in [0.29, 0.717) is 21.8 Å². The van der Waals surface area contributed by atoms with E-state index >= 15 is 0 Å². The molecule has 0 saturated heterocycles. The Morgan fingerprint density at radius 3 is 2.03 bits per heavy atom. The van der Waals surface area contributed by atoms with Crippen molar-refractivity contribution in [2.75, 3.05) is 0 Å². The third kappa shape index (κ3) is 4.26. The molecule has 0 bridgehead atoms. The standard InChI is InChI=1S/C24H20F2N2O3/c1-15(16-10-12-17(13-11-16)31-24(25)26)27-22(29)14-28-20-8-4-2-6-18(20)23(30)19-7-3-5-9-21(19)28/h2-13,15,24H,14H2,1H3,(H,27,29)/t15-/m1/s1. The summed E-state index contributed by atoms with van der Waals surface area (Å²) in [5.41, 5.74) is 2.05. The van der Waals surface area contributed by atoms with Crippen molar-refractivity contribution >= 4 is 27.7 Å². The van der Waals surface area contributed by atoms with Crippen LogP contribution in [0.3, 0.4) is 0 Å². The SMILES string of the molecule is C[C@@H](NC(=O)Cn1c2ccccc2c(=O)c2ccccc21)c1ccc(OC(F)F)cc1. The average Bonchev–Trinajstić information content (AvgIpc) is 2.76. The number of pyridine rings is 1. The normalized spacial score (nSPS) is 12.3. The van der Waals surface area contributed by atoms with Gasteiger partial charge in [0.15, 0.2) is 5.43 Å². The Balaban J connectivity index is 1.60. The molecular weight excluding hydrogens is 402 g/mol. The van der Waals surface area contributed by atoms with Gasteiger partial charge >= 0.3 is 6.61 Å². The van der Waals surface area contributed by atoms with E-state index in [1.807, 2.05) is 35.8 Å². The molecule has 7 heteroatoms. The number of rotatable bonds is 6. The van der Waals surface area contributed by atoms with Crippen molar-refractivity contribution in [3.8, 4) is 5.75 Å². The predicted octanol–water partition coefficient (Wildman–Crippen LogP) is 4.63. The van der Waals surface area contributed by atoms with Crippen molar-refractivity contribution in [2.24, 2.45) is 0 Å². The van der Waals surface area contributed by atoms with E-state index in [0.717, 1.165) is 5.56 Å². The number of nitrogens with zero attached hydrogens (tertiary/aromatic N) is 1. The number of alkyl halides is 2. The van der Waals surface area contributed by atoms with E-state index in [9.17, 15) is 18.4 Å². The molecule has 0 aliphatic heterocycles. The minimum Gasteiger partial charge on any atom is -0.435 e. The highest BCUT2D eigenvalue weighted by Crippen LogP contribution is 2.21. The van der Waals surface area contributed by atoms with E-state index in [1.54, 1.807) is 36.4 Å². The molecule has 0 saturated carbocycles. The van der Waals surface area contributed by atoms with Crippen molar-refractivity contribution < 1.29 is 18.3 Å². The van der Waals surface area contributed by atoms with Gasteiger partial charge in [-0.2, -0.15) is 8.78 Å². The zero-order valence-corrected chi connectivity index (χ0v) is 16.7. The van der Waals surface area contributed by atoms with Crippen LogP contribution in [-0.4, -0.2) is 17.1 Å². The first-order chi connectivity index (χ1) is 14.9. The fourth-order valence-electron chi connectivity index (χ4n) is 3.70. The molecule has 1 N–H and O–H groups in total. The maximum Gasteiger partial charge on any atom is 0.387 e. The van der Waals surface area contributed by atoms with Crippen LogP contribution in [0.5, 0.6) is 5.75 Å². The quantitative estimate of drug-likeness (QED) is 0.461. The number of aromatic nitrogens is 1. The number of ether oxygens (including phenoxy) is 1. The molecule has 1 atom stereocenters. The van der Waals surface area contributed by atoms with E-state index in [4.69, 9.17) is 0 Å². The van der Waals surface area contributed by atoms with Gasteiger partial charge in [-0.25, -0.2) is 0 Å². The fourth-order valence-corrected chi connectivity index (χ4v) is 3.70. The summed E-state index contributed by atoms with van der Waals surface area (Å²) in [7, 11) is 0. The highest BCUT2D eigenvalue weighted by atomic mass is 19.3. The first-order valence-electron chi connectivity index (χ1n) is 9.78. The lowest BCUT2D eigenvalue weighted by Gasteiger charge is -2.18. The summed E-state index contributed by atoms with van der Waals surface area (Å²) >= 11 is 0. The number of hydrogen-bond donors (Lipinski definition) is 1. The highest BCUT2D eigenvalue weighted by Gasteiger charge is 2.15. The van der Waals surface area contributed by atoms with Gasteiger partial charge in [0.2, 0.25) is 5.91 Å². The maximum atomic E-state index is 12.8. The summed E-state index contributed by atoms with van der Waals surface area (Å²) in [6.07, 6.45) is 0. The lowest BCUT2D eigenvalue weighted by molar-refractivity contribution is -0.122. The van der Waals surface area contributed by atoms with Gasteiger partial charge in [0.25, 0.3) is 0 Å². The number of hydrogen-bond acceptors (Lipinski definition) is 3. The van der Waals surface area contributed by atoms with Gasteiger partial charge in [-0.1, -0.05) is 36.4 Å². The molecule has 0 spiro atoms. The van der Waals surface area contributed by atoms with Crippen molar-refractivity contribution in [2.45, 2.75) is 26.1 Å². The first kappa shape index (κ1) is 20.5. The second kappa shape index (κ2) is 8.55. The van der Waals surface area contributed by atoms with Crippen molar-refractivity contribution in [3.05, 3.63) is 88.6 Å². The van der Waals surface area contributed by atoms with Crippen molar-refractivity contribution in [1.29, 1.82) is 0 Å². The van der Waals surface area contributed by atoms with Gasteiger partial charge < -0.3 is 14.6 Å². The molecule has 0 unspecified atom stereocenters. The van der Waals surface area contributed by atoms with E-state index in [1.165, 1.54) is 12.1 Å². The summed E-state index contributed by atoms with van der Waals surface area (Å²) in [5.74, 6) is -0.178. The minimum absolute atomic E-state index is 0.0260. The summed E-state index contributed by atoms with van der Waals surface area (Å²) in [6.45, 7) is -1.05. The number of para-hydroxylation sites is 2. The summed E-state index contributed by atoms with van der Waals surface area (Å²) in [4.78, 5) is 25.7. The minimum atomic E-state index is -2.88. The lowest BCUT2D eigenvalue weighted by Crippen LogP contribution is -2.30. The van der Waals surface area contributed by atoms with Crippen LogP contribution in [0.1, 0.15) is 18.5 Å². The Morgan fingerprint density at radius 1 is 0.935 bits per heavy atom. The Morgan fingerprint density at radius 2 is 1.48 bits per heavy atom. The number of nitrogens with one attached hydrogen (secondary N) is 1. The lowest BCUT2D eigenvalue weighted by atomic mass is 10.1. The Labute approximate surface area is 176 Å². The second-order valence-electron chi connectivity index (χ2n) is 7.19. The van der Waals surface area contributed by atoms with Crippen molar-refractivity contribution in [3.63, 3.8) is 0 Å². The summed E-state index contributed by atoms with van der Waals surface area (Å²) < 4.78 is 30.8. The summed E-state index contributed by atoms with van der Waals surface area (Å²) in [5, 5.41) is 4.03. The number of fused-ring (bicyclic) bond motifs is 2. The van der Waals surface area contributed by atoms with Crippen LogP contribution in [-0.2, 0) is 11.3 Å². The third-order valence-corrected chi connectivity index (χ3v) is 5.16. The molecule has 1 amide bonds.